The highest BCUT2D eigenvalue weighted by Crippen LogP contribution is 2.32. The largest absolute Gasteiger partial charge is 0.481 e. The highest BCUT2D eigenvalue weighted by molar-refractivity contribution is 5.83. The number of carboxylic acids is 1. The molecule has 13 nitrogen and oxygen atoms in total. The second-order valence-electron chi connectivity index (χ2n) is 8.01. The molecule has 3 heterocycles. The summed E-state index contributed by atoms with van der Waals surface area (Å²) >= 11 is 0. The molecule has 1 aliphatic heterocycles. The van der Waals surface area contributed by atoms with Crippen molar-refractivity contribution in [2.75, 3.05) is 24.1 Å². The summed E-state index contributed by atoms with van der Waals surface area (Å²) in [5.74, 6) is -2.29. The van der Waals surface area contributed by atoms with Crippen molar-refractivity contribution < 1.29 is 35.1 Å². The molecule has 7 N–H and O–H groups in total. The molecule has 0 aliphatic carbocycles. The summed E-state index contributed by atoms with van der Waals surface area (Å²) in [6.07, 6.45) is -9.51. The third-order valence-corrected chi connectivity index (χ3v) is 5.53. The molecule has 1 aliphatic rings. The van der Waals surface area contributed by atoms with E-state index in [0.717, 1.165) is 5.56 Å². The first-order valence-corrected chi connectivity index (χ1v) is 11.2. The number of aliphatic hydroxyl groups is 2. The molecule has 4 atom stereocenters. The van der Waals surface area contributed by atoms with Crippen LogP contribution in [0.1, 0.15) is 36.1 Å². The maximum Gasteiger partial charge on any atom is 0.303 e. The molecule has 1 saturated heterocycles. The van der Waals surface area contributed by atoms with Gasteiger partial charge in [0, 0.05) is 24.9 Å². The first-order valence-electron chi connectivity index (χ1n) is 13.2. The predicted molar refractivity (Wildman–Crippen MR) is 129 cm³/mol. The minimum absolute atomic E-state index is 0.0406. The van der Waals surface area contributed by atoms with Crippen LogP contribution in [0.15, 0.2) is 30.6 Å². The zero-order valence-electron chi connectivity index (χ0n) is 23.3. The normalized spacial score (nSPS) is 24.0. The van der Waals surface area contributed by atoms with Crippen LogP contribution in [0.2, 0.25) is 0 Å². The number of nitrogen functional groups attached to an aromatic ring is 1. The third kappa shape index (κ3) is 5.37. The highest BCUT2D eigenvalue weighted by atomic mass is 16.6. The smallest absolute Gasteiger partial charge is 0.303 e. The van der Waals surface area contributed by atoms with Gasteiger partial charge >= 0.3 is 5.97 Å². The Hall–Kier alpha value is -3.81. The maximum atomic E-state index is 12.2. The molecule has 1 amide bonds. The lowest BCUT2D eigenvalue weighted by atomic mass is 10.1. The lowest BCUT2D eigenvalue weighted by Crippen LogP contribution is -2.42. The minimum Gasteiger partial charge on any atom is -0.481 e. The number of carboxylic acid groups (broad SMARTS) is 1. The molecule has 1 aromatic carbocycles. The quantitative estimate of drug-likeness (QED) is 0.213. The molecule has 0 saturated carbocycles. The van der Waals surface area contributed by atoms with Crippen molar-refractivity contribution in [2.24, 2.45) is 0 Å². The van der Waals surface area contributed by atoms with Gasteiger partial charge in [0.2, 0.25) is 5.95 Å². The van der Waals surface area contributed by atoms with Gasteiger partial charge in [0.05, 0.1) is 6.33 Å². The number of imidazole rings is 1. The number of aromatic nitrogens is 4. The number of aliphatic hydroxyl groups excluding tert-OH is 2. The van der Waals surface area contributed by atoms with E-state index in [0.29, 0.717) is 19.5 Å². The average molecular weight is 508 g/mol. The Kier molecular flexibility index (Phi) is 6.14. The molecule has 36 heavy (non-hydrogen) atoms. The number of carbonyl (C=O) groups excluding carboxylic acids is 1. The van der Waals surface area contributed by atoms with E-state index in [4.69, 9.17) is 21.1 Å². The van der Waals surface area contributed by atoms with Gasteiger partial charge in [-0.25, -0.2) is 4.98 Å². The number of nitrogens with zero attached hydrogens (tertiary/aromatic N) is 4. The van der Waals surface area contributed by atoms with Gasteiger partial charge in [-0.15, -0.1) is 0 Å². The zero-order valence-corrected chi connectivity index (χ0v) is 19.3. The number of benzene rings is 1. The van der Waals surface area contributed by atoms with E-state index in [1.807, 2.05) is 0 Å². The van der Waals surface area contributed by atoms with E-state index in [9.17, 15) is 19.8 Å². The standard InChI is InChI=1S/C23H29N7O6/c1-2-25-21(35)18-16(33)17(34)22(36-18)30-11-27-15-19(24)28-23(29-20(15)30)26-10-9-13-5-3-12(4-6-13)7-8-14(31)32/h3-6,11,16-18,22,33-34H,2,7-10H2,1H3,(H,25,35)(H,31,32)(H3,24,26,28,29)/t16-,17+,18-,22+/m0/s1/i7T2,8T2. The number of likely N-dealkylation sites (N-methyl/N-ethyl adjacent to an activating group) is 1. The Morgan fingerprint density at radius 2 is 1.92 bits per heavy atom. The number of ether oxygens (including phenoxy) is 1. The van der Waals surface area contributed by atoms with Crippen molar-refractivity contribution in [3.05, 3.63) is 41.7 Å². The van der Waals surface area contributed by atoms with E-state index in [1.54, 1.807) is 19.1 Å². The van der Waals surface area contributed by atoms with Gasteiger partial charge in [0.1, 0.15) is 17.7 Å². The fourth-order valence-electron chi connectivity index (χ4n) is 3.78. The summed E-state index contributed by atoms with van der Waals surface area (Å²) in [6, 6.07) is 5.81. The summed E-state index contributed by atoms with van der Waals surface area (Å²) in [6.45, 7) is 2.34. The lowest BCUT2D eigenvalue weighted by molar-refractivity contribution is -0.138. The number of carbonyl (C=O) groups is 2. The SMILES string of the molecule is [3H]C([3H])(C(=O)O)C([3H])([3H])c1ccc(CCNc2nc(N)c3ncn([C@@H]4O[C@H](C(=O)NCC)[C@@H](O)[C@H]4O)c3n2)cc1. The fraction of sp³-hybridized carbons (Fsp3) is 0.435. The van der Waals surface area contributed by atoms with Crippen LogP contribution in [-0.4, -0.2) is 78.1 Å². The maximum absolute atomic E-state index is 12.2. The molecule has 2 aromatic heterocycles. The number of rotatable bonds is 10. The van der Waals surface area contributed by atoms with Crippen LogP contribution >= 0.6 is 0 Å². The van der Waals surface area contributed by atoms with E-state index in [1.165, 1.54) is 23.0 Å². The summed E-state index contributed by atoms with van der Waals surface area (Å²) in [4.78, 5) is 36.1. The zero-order chi connectivity index (χ0) is 29.4. The molecule has 192 valence electrons. The number of aliphatic carboxylic acids is 1. The van der Waals surface area contributed by atoms with Gasteiger partial charge in [-0.2, -0.15) is 9.97 Å². The van der Waals surface area contributed by atoms with Crippen molar-refractivity contribution in [1.29, 1.82) is 0 Å². The molecule has 0 unspecified atom stereocenters. The van der Waals surface area contributed by atoms with Crippen LogP contribution in [0.4, 0.5) is 11.8 Å². The number of hydrogen-bond acceptors (Lipinski definition) is 10. The minimum atomic E-state index is -3.11. The van der Waals surface area contributed by atoms with Crippen molar-refractivity contribution in [1.82, 2.24) is 24.8 Å². The Labute approximate surface area is 212 Å². The van der Waals surface area contributed by atoms with Crippen molar-refractivity contribution in [3.8, 4) is 0 Å². The van der Waals surface area contributed by atoms with Gasteiger partial charge < -0.3 is 36.4 Å². The van der Waals surface area contributed by atoms with E-state index in [-0.39, 0.29) is 28.5 Å². The van der Waals surface area contributed by atoms with Crippen LogP contribution < -0.4 is 16.4 Å². The number of nitrogens with one attached hydrogen (secondary N) is 2. The highest BCUT2D eigenvalue weighted by Gasteiger charge is 2.47. The molecule has 0 radical (unpaired) electrons. The number of amides is 1. The van der Waals surface area contributed by atoms with Gasteiger partial charge in [-0.05, 0) is 30.8 Å². The lowest BCUT2D eigenvalue weighted by Gasteiger charge is -2.16. The second-order valence-corrected chi connectivity index (χ2v) is 8.01. The topological polar surface area (TPSA) is 198 Å². The summed E-state index contributed by atoms with van der Waals surface area (Å²) in [5, 5.41) is 35.5. The Morgan fingerprint density at radius 1 is 1.19 bits per heavy atom. The number of aryl methyl sites for hydroxylation is 1. The van der Waals surface area contributed by atoms with Gasteiger partial charge in [-0.3, -0.25) is 14.2 Å². The van der Waals surface area contributed by atoms with Crippen molar-refractivity contribution >= 4 is 34.8 Å². The molecule has 1 fully saturated rings. The number of hydrogen-bond donors (Lipinski definition) is 6. The Balaban J connectivity index is 1.47. The number of nitrogens with two attached hydrogens (primary N) is 1. The average Bonchev–Trinajstić information content (AvgIpc) is 3.45. The van der Waals surface area contributed by atoms with E-state index in [2.05, 4.69) is 25.6 Å². The second kappa shape index (κ2) is 10.8. The first-order chi connectivity index (χ1) is 18.8. The molecular formula is C23H29N7O6. The number of anilines is 2. The molecule has 0 bridgehead atoms. The summed E-state index contributed by atoms with van der Waals surface area (Å²) < 4.78 is 38.1. The van der Waals surface area contributed by atoms with E-state index < -0.39 is 49.2 Å². The molecule has 13 heteroatoms. The third-order valence-electron chi connectivity index (χ3n) is 5.53. The molecule has 4 rings (SSSR count). The Bertz CT molecular complexity index is 1400. The Morgan fingerprint density at radius 3 is 2.61 bits per heavy atom. The molecular weight excluding hydrogens is 470 g/mol. The summed E-state index contributed by atoms with van der Waals surface area (Å²) in [7, 11) is 0. The fourth-order valence-corrected chi connectivity index (χ4v) is 3.78. The predicted octanol–water partition coefficient (Wildman–Crippen LogP) is -0.164. The molecule has 0 spiro atoms. The van der Waals surface area contributed by atoms with Crippen molar-refractivity contribution in [2.45, 2.75) is 50.6 Å². The van der Waals surface area contributed by atoms with Crippen molar-refractivity contribution in [3.63, 3.8) is 0 Å². The van der Waals surface area contributed by atoms with Crippen LogP contribution in [0.3, 0.4) is 0 Å². The van der Waals surface area contributed by atoms with Crippen LogP contribution in [0.5, 0.6) is 0 Å². The van der Waals surface area contributed by atoms with E-state index >= 15 is 0 Å². The van der Waals surface area contributed by atoms with Gasteiger partial charge in [0.15, 0.2) is 23.8 Å². The molecule has 3 aromatic rings. The summed E-state index contributed by atoms with van der Waals surface area (Å²) in [5.41, 5.74) is 7.11. The van der Waals surface area contributed by atoms with Gasteiger partial charge in [0.25, 0.3) is 5.91 Å². The van der Waals surface area contributed by atoms with Gasteiger partial charge in [-0.1, -0.05) is 24.3 Å². The van der Waals surface area contributed by atoms with Crippen LogP contribution in [-0.2, 0) is 27.1 Å². The first kappa shape index (κ1) is 20.4. The van der Waals surface area contributed by atoms with Crippen LogP contribution in [0.25, 0.3) is 11.2 Å². The number of fused-ring (bicyclic) bond motifs is 1. The monoisotopic (exact) mass is 507 g/mol. The van der Waals surface area contributed by atoms with Crippen LogP contribution in [0, 0.1) is 0 Å².